The zero-order valence-electron chi connectivity index (χ0n) is 14.1. The number of fused-ring (bicyclic) bond motifs is 1. The van der Waals surface area contributed by atoms with E-state index in [0.717, 1.165) is 28.4 Å². The second-order valence-electron chi connectivity index (χ2n) is 5.52. The fraction of sp³-hybridized carbons (Fsp3) is 0.105. The van der Waals surface area contributed by atoms with Gasteiger partial charge < -0.3 is 10.1 Å². The van der Waals surface area contributed by atoms with E-state index in [1.54, 1.807) is 0 Å². The maximum Gasteiger partial charge on any atom is 0.331 e. The topological polar surface area (TPSA) is 68.3 Å². The average Bonchev–Trinajstić information content (AvgIpc) is 3.06. The Morgan fingerprint density at radius 3 is 2.56 bits per heavy atom. The number of halogens is 2. The summed E-state index contributed by atoms with van der Waals surface area (Å²) in [4.78, 5) is 28.2. The Bertz CT molecular complexity index is 979. The van der Waals surface area contributed by atoms with Crippen molar-refractivity contribution >= 4 is 45.2 Å². The molecule has 0 fully saturated rings. The van der Waals surface area contributed by atoms with Crippen LogP contribution in [-0.4, -0.2) is 23.0 Å². The van der Waals surface area contributed by atoms with Gasteiger partial charge in [0, 0.05) is 6.08 Å². The van der Waals surface area contributed by atoms with Gasteiger partial charge in [0.25, 0.3) is 5.91 Å². The van der Waals surface area contributed by atoms with Gasteiger partial charge in [-0.2, -0.15) is 0 Å². The fourth-order valence-electron chi connectivity index (χ4n) is 2.21. The van der Waals surface area contributed by atoms with Gasteiger partial charge >= 0.3 is 5.97 Å². The van der Waals surface area contributed by atoms with Crippen LogP contribution >= 0.6 is 11.3 Å². The summed E-state index contributed by atoms with van der Waals surface area (Å²) in [5, 5.41) is 2.68. The number of carbonyl (C=O) groups excluding carboxylic acids is 2. The molecular formula is C19H14F2N2O3S. The molecule has 0 bridgehead atoms. The standard InChI is InChI=1S/C19H14F2N2O3S/c1-11(19(25)23-18-12(20)5-4-6-13(18)21)26-17(24)10-9-16-22-14-7-2-3-8-15(14)27-16/h2-11H,1H3,(H,23,25)/b10-9+/t11-/m1/s1. The number of hydrogen-bond acceptors (Lipinski definition) is 5. The van der Waals surface area contributed by atoms with Crippen LogP contribution in [0.15, 0.2) is 48.5 Å². The minimum Gasteiger partial charge on any atom is -0.449 e. The Morgan fingerprint density at radius 1 is 1.15 bits per heavy atom. The molecule has 0 saturated carbocycles. The summed E-state index contributed by atoms with van der Waals surface area (Å²) in [7, 11) is 0. The minimum atomic E-state index is -1.24. The predicted molar refractivity (Wildman–Crippen MR) is 99.2 cm³/mol. The van der Waals surface area contributed by atoms with Crippen LogP contribution in [0.1, 0.15) is 11.9 Å². The van der Waals surface area contributed by atoms with Crippen molar-refractivity contribution < 1.29 is 23.1 Å². The van der Waals surface area contributed by atoms with Gasteiger partial charge in [-0.25, -0.2) is 18.6 Å². The van der Waals surface area contributed by atoms with E-state index in [1.807, 2.05) is 24.3 Å². The zero-order chi connectivity index (χ0) is 19.4. The first-order valence-corrected chi connectivity index (χ1v) is 8.75. The summed E-state index contributed by atoms with van der Waals surface area (Å²) in [5.74, 6) is -3.46. The van der Waals surface area contributed by atoms with Crippen LogP contribution in [0.4, 0.5) is 14.5 Å². The van der Waals surface area contributed by atoms with Gasteiger partial charge in [0.05, 0.1) is 10.2 Å². The van der Waals surface area contributed by atoms with Gasteiger partial charge in [-0.05, 0) is 37.3 Å². The lowest BCUT2D eigenvalue weighted by molar-refractivity contribution is -0.148. The minimum absolute atomic E-state index is 0.588. The third kappa shape index (κ3) is 4.53. The molecule has 1 heterocycles. The highest BCUT2D eigenvalue weighted by atomic mass is 32.1. The lowest BCUT2D eigenvalue weighted by Gasteiger charge is -2.13. The van der Waals surface area contributed by atoms with E-state index in [2.05, 4.69) is 10.3 Å². The van der Waals surface area contributed by atoms with Crippen molar-refractivity contribution in [3.8, 4) is 0 Å². The van der Waals surface area contributed by atoms with Crippen LogP contribution in [0.3, 0.4) is 0 Å². The molecule has 3 aromatic rings. The number of amides is 1. The number of hydrogen-bond donors (Lipinski definition) is 1. The Hall–Kier alpha value is -3.13. The average molecular weight is 388 g/mol. The molecular weight excluding hydrogens is 374 g/mol. The molecule has 0 saturated heterocycles. The maximum atomic E-state index is 13.6. The predicted octanol–water partition coefficient (Wildman–Crippen LogP) is 4.16. The quantitative estimate of drug-likeness (QED) is 0.526. The highest BCUT2D eigenvalue weighted by Gasteiger charge is 2.20. The van der Waals surface area contributed by atoms with Gasteiger partial charge in [0.2, 0.25) is 0 Å². The Labute approximate surface area is 157 Å². The Balaban J connectivity index is 1.60. The smallest absolute Gasteiger partial charge is 0.331 e. The number of rotatable bonds is 5. The van der Waals surface area contributed by atoms with E-state index in [1.165, 1.54) is 30.4 Å². The van der Waals surface area contributed by atoms with Crippen LogP contribution in [0.2, 0.25) is 0 Å². The number of esters is 1. The van der Waals surface area contributed by atoms with Crippen LogP contribution in [0.5, 0.6) is 0 Å². The second-order valence-corrected chi connectivity index (χ2v) is 6.58. The van der Waals surface area contributed by atoms with E-state index >= 15 is 0 Å². The second kappa shape index (κ2) is 8.05. The molecule has 1 aromatic heterocycles. The third-order valence-electron chi connectivity index (χ3n) is 3.55. The number of para-hydroxylation sites is 2. The molecule has 0 aliphatic heterocycles. The number of ether oxygens (including phenoxy) is 1. The van der Waals surface area contributed by atoms with Crippen molar-refractivity contribution in [1.82, 2.24) is 4.98 Å². The lowest BCUT2D eigenvalue weighted by Crippen LogP contribution is -2.30. The van der Waals surface area contributed by atoms with Crippen molar-refractivity contribution in [3.63, 3.8) is 0 Å². The Kier molecular flexibility index (Phi) is 5.56. The van der Waals surface area contributed by atoms with Gasteiger partial charge in [-0.1, -0.05) is 18.2 Å². The van der Waals surface area contributed by atoms with Crippen molar-refractivity contribution in [2.24, 2.45) is 0 Å². The van der Waals surface area contributed by atoms with Crippen LogP contribution in [-0.2, 0) is 14.3 Å². The largest absolute Gasteiger partial charge is 0.449 e. The van der Waals surface area contributed by atoms with Gasteiger partial charge in [0.15, 0.2) is 6.10 Å². The molecule has 3 rings (SSSR count). The maximum absolute atomic E-state index is 13.6. The summed E-state index contributed by atoms with van der Waals surface area (Å²) in [6.07, 6.45) is 1.39. The fourth-order valence-corrected chi connectivity index (χ4v) is 3.08. The van der Waals surface area contributed by atoms with E-state index in [-0.39, 0.29) is 0 Å². The summed E-state index contributed by atoms with van der Waals surface area (Å²) in [5.41, 5.74) is 0.227. The summed E-state index contributed by atoms with van der Waals surface area (Å²) in [6, 6.07) is 10.7. The molecule has 2 aromatic carbocycles. The Morgan fingerprint density at radius 2 is 1.85 bits per heavy atom. The number of benzene rings is 2. The number of nitrogens with zero attached hydrogens (tertiary/aromatic N) is 1. The lowest BCUT2D eigenvalue weighted by atomic mass is 10.2. The molecule has 27 heavy (non-hydrogen) atoms. The molecule has 8 heteroatoms. The molecule has 138 valence electrons. The van der Waals surface area contributed by atoms with Crippen molar-refractivity contribution in [3.05, 3.63) is 65.2 Å². The SMILES string of the molecule is C[C@@H](OC(=O)/C=C/c1nc2ccccc2s1)C(=O)Nc1c(F)cccc1F. The van der Waals surface area contributed by atoms with Crippen LogP contribution in [0, 0.1) is 11.6 Å². The zero-order valence-corrected chi connectivity index (χ0v) is 14.9. The molecule has 5 nitrogen and oxygen atoms in total. The number of aromatic nitrogens is 1. The highest BCUT2D eigenvalue weighted by Crippen LogP contribution is 2.22. The van der Waals surface area contributed by atoms with E-state index in [0.29, 0.717) is 5.01 Å². The monoisotopic (exact) mass is 388 g/mol. The molecule has 0 unspecified atom stereocenters. The highest BCUT2D eigenvalue weighted by molar-refractivity contribution is 7.19. The van der Waals surface area contributed by atoms with Gasteiger partial charge in [-0.3, -0.25) is 4.79 Å². The first-order chi connectivity index (χ1) is 12.9. The number of carbonyl (C=O) groups is 2. The molecule has 1 N–H and O–H groups in total. The summed E-state index contributed by atoms with van der Waals surface area (Å²) >= 11 is 1.40. The molecule has 1 atom stereocenters. The number of anilines is 1. The molecule has 0 aliphatic rings. The normalized spacial score (nSPS) is 12.3. The van der Waals surface area contributed by atoms with Crippen molar-refractivity contribution in [2.45, 2.75) is 13.0 Å². The molecule has 0 spiro atoms. The van der Waals surface area contributed by atoms with Gasteiger partial charge in [-0.15, -0.1) is 11.3 Å². The molecule has 0 aliphatic carbocycles. The van der Waals surface area contributed by atoms with Crippen molar-refractivity contribution in [1.29, 1.82) is 0 Å². The summed E-state index contributed by atoms with van der Waals surface area (Å²) in [6.45, 7) is 1.30. The van der Waals surface area contributed by atoms with E-state index in [9.17, 15) is 18.4 Å². The van der Waals surface area contributed by atoms with Gasteiger partial charge in [0.1, 0.15) is 22.3 Å². The first kappa shape index (κ1) is 18.7. The molecule has 0 radical (unpaired) electrons. The van der Waals surface area contributed by atoms with Crippen LogP contribution < -0.4 is 5.32 Å². The van der Waals surface area contributed by atoms with Crippen molar-refractivity contribution in [2.75, 3.05) is 5.32 Å². The summed E-state index contributed by atoms with van der Waals surface area (Å²) < 4.78 is 33.0. The molecule has 1 amide bonds. The van der Waals surface area contributed by atoms with E-state index < -0.39 is 35.3 Å². The number of thiazole rings is 1. The third-order valence-corrected chi connectivity index (χ3v) is 4.55. The first-order valence-electron chi connectivity index (χ1n) is 7.93. The van der Waals surface area contributed by atoms with Crippen LogP contribution in [0.25, 0.3) is 16.3 Å². The van der Waals surface area contributed by atoms with E-state index in [4.69, 9.17) is 4.74 Å². The number of nitrogens with one attached hydrogen (secondary N) is 1.